The number of hydrogen-bond acceptors (Lipinski definition) is 3. The molecule has 0 aliphatic heterocycles. The molecule has 1 unspecified atom stereocenters. The number of rotatable bonds is 3. The van der Waals surface area contributed by atoms with E-state index >= 15 is 0 Å². The predicted molar refractivity (Wildman–Crippen MR) is 102 cm³/mol. The topological polar surface area (TPSA) is 50.9 Å². The van der Waals surface area contributed by atoms with Gasteiger partial charge >= 0.3 is 0 Å². The van der Waals surface area contributed by atoms with Crippen molar-refractivity contribution < 1.29 is 0 Å². The average Bonchev–Trinajstić information content (AvgIpc) is 2.62. The van der Waals surface area contributed by atoms with Crippen LogP contribution in [-0.4, -0.2) is 4.98 Å². The summed E-state index contributed by atoms with van der Waals surface area (Å²) in [4.78, 5) is 4.76. The molecule has 3 N–H and O–H groups in total. The molecule has 0 radical (unpaired) electrons. The monoisotopic (exact) mass is 313 g/mol. The summed E-state index contributed by atoms with van der Waals surface area (Å²) in [7, 11) is 0. The number of anilines is 2. The molecule has 0 fully saturated rings. The standard InChI is InChI=1S/C21H19N3/c1-14(22)15-10-12-16(13-11-15)23-21-17-6-2-4-8-19(17)24-20-9-5-3-7-18(20)21/h2-14H,22H2,1H3,(H,23,24). The lowest BCUT2D eigenvalue weighted by Gasteiger charge is -2.14. The molecule has 4 rings (SSSR count). The van der Waals surface area contributed by atoms with Gasteiger partial charge in [0.25, 0.3) is 0 Å². The van der Waals surface area contributed by atoms with E-state index in [1.807, 2.05) is 43.3 Å². The van der Waals surface area contributed by atoms with E-state index in [0.717, 1.165) is 38.7 Å². The maximum atomic E-state index is 5.94. The van der Waals surface area contributed by atoms with Gasteiger partial charge in [0.05, 0.1) is 16.7 Å². The van der Waals surface area contributed by atoms with E-state index in [0.29, 0.717) is 0 Å². The molecule has 0 aliphatic rings. The third-order valence-electron chi connectivity index (χ3n) is 4.29. The number of nitrogens with two attached hydrogens (primary N) is 1. The molecular weight excluding hydrogens is 294 g/mol. The molecule has 118 valence electrons. The third kappa shape index (κ3) is 2.59. The summed E-state index contributed by atoms with van der Waals surface area (Å²) < 4.78 is 0. The molecule has 1 heterocycles. The Kier molecular flexibility index (Phi) is 3.63. The minimum absolute atomic E-state index is 0.0432. The molecule has 1 aromatic heterocycles. The second-order valence-corrected chi connectivity index (χ2v) is 6.06. The lowest BCUT2D eigenvalue weighted by atomic mass is 10.1. The van der Waals surface area contributed by atoms with Gasteiger partial charge in [0.15, 0.2) is 0 Å². The highest BCUT2D eigenvalue weighted by Crippen LogP contribution is 2.33. The highest BCUT2D eigenvalue weighted by molar-refractivity contribution is 6.08. The van der Waals surface area contributed by atoms with Crippen LogP contribution < -0.4 is 11.1 Å². The van der Waals surface area contributed by atoms with Gasteiger partial charge in [0.1, 0.15) is 0 Å². The smallest absolute Gasteiger partial charge is 0.0730 e. The van der Waals surface area contributed by atoms with Crippen LogP contribution in [-0.2, 0) is 0 Å². The molecule has 3 aromatic carbocycles. The van der Waals surface area contributed by atoms with Crippen LogP contribution in [0.15, 0.2) is 72.8 Å². The van der Waals surface area contributed by atoms with E-state index in [-0.39, 0.29) is 6.04 Å². The summed E-state index contributed by atoms with van der Waals surface area (Å²) in [6, 6.07) is 24.8. The zero-order chi connectivity index (χ0) is 16.5. The van der Waals surface area contributed by atoms with E-state index < -0.39 is 0 Å². The van der Waals surface area contributed by atoms with Crippen LogP contribution >= 0.6 is 0 Å². The summed E-state index contributed by atoms with van der Waals surface area (Å²) >= 11 is 0. The number of pyridine rings is 1. The number of fused-ring (bicyclic) bond motifs is 2. The summed E-state index contributed by atoms with van der Waals surface area (Å²) in [5.41, 5.74) is 11.2. The van der Waals surface area contributed by atoms with E-state index in [9.17, 15) is 0 Å². The first-order valence-corrected chi connectivity index (χ1v) is 8.12. The number of benzene rings is 3. The summed E-state index contributed by atoms with van der Waals surface area (Å²) in [6.07, 6.45) is 0. The van der Waals surface area contributed by atoms with Crippen LogP contribution in [0.5, 0.6) is 0 Å². The molecule has 3 heteroatoms. The molecule has 0 saturated carbocycles. The van der Waals surface area contributed by atoms with Crippen LogP contribution in [0, 0.1) is 0 Å². The van der Waals surface area contributed by atoms with Gasteiger partial charge < -0.3 is 11.1 Å². The largest absolute Gasteiger partial charge is 0.354 e. The fourth-order valence-electron chi connectivity index (χ4n) is 2.99. The van der Waals surface area contributed by atoms with Crippen LogP contribution in [0.25, 0.3) is 21.8 Å². The van der Waals surface area contributed by atoms with Gasteiger partial charge in [-0.05, 0) is 36.8 Å². The fraction of sp³-hybridized carbons (Fsp3) is 0.0952. The Morgan fingerprint density at radius 2 is 1.33 bits per heavy atom. The molecule has 0 spiro atoms. The maximum Gasteiger partial charge on any atom is 0.0730 e. The van der Waals surface area contributed by atoms with Crippen LogP contribution in [0.3, 0.4) is 0 Å². The van der Waals surface area contributed by atoms with Gasteiger partial charge in [-0.1, -0.05) is 48.5 Å². The van der Waals surface area contributed by atoms with Crippen LogP contribution in [0.4, 0.5) is 11.4 Å². The van der Waals surface area contributed by atoms with Crippen LogP contribution in [0.1, 0.15) is 18.5 Å². The zero-order valence-electron chi connectivity index (χ0n) is 13.5. The van der Waals surface area contributed by atoms with E-state index in [4.69, 9.17) is 10.7 Å². The minimum Gasteiger partial charge on any atom is -0.354 e. The van der Waals surface area contributed by atoms with Gasteiger partial charge in [-0.3, -0.25) is 0 Å². The first kappa shape index (κ1) is 14.7. The average molecular weight is 313 g/mol. The molecule has 24 heavy (non-hydrogen) atoms. The van der Waals surface area contributed by atoms with E-state index in [2.05, 4.69) is 41.7 Å². The van der Waals surface area contributed by atoms with Crippen molar-refractivity contribution in [2.45, 2.75) is 13.0 Å². The molecular formula is C21H19N3. The quantitative estimate of drug-likeness (QED) is 0.514. The number of nitrogens with zero attached hydrogens (tertiary/aromatic N) is 1. The van der Waals surface area contributed by atoms with Crippen molar-refractivity contribution in [3.8, 4) is 0 Å². The van der Waals surface area contributed by atoms with Gasteiger partial charge in [-0.15, -0.1) is 0 Å². The molecule has 4 aromatic rings. The Bertz CT molecular complexity index is 950. The maximum absolute atomic E-state index is 5.94. The van der Waals surface area contributed by atoms with Crippen LogP contribution in [0.2, 0.25) is 0 Å². The van der Waals surface area contributed by atoms with E-state index in [1.165, 1.54) is 0 Å². The molecule has 0 amide bonds. The van der Waals surface area contributed by atoms with Gasteiger partial charge in [0, 0.05) is 22.5 Å². The minimum atomic E-state index is 0.0432. The highest BCUT2D eigenvalue weighted by atomic mass is 14.9. The third-order valence-corrected chi connectivity index (χ3v) is 4.29. The Hall–Kier alpha value is -2.91. The second kappa shape index (κ2) is 5.95. The Morgan fingerprint density at radius 3 is 1.88 bits per heavy atom. The fourth-order valence-corrected chi connectivity index (χ4v) is 2.99. The van der Waals surface area contributed by atoms with Crippen molar-refractivity contribution in [1.29, 1.82) is 0 Å². The summed E-state index contributed by atoms with van der Waals surface area (Å²) in [5, 5.41) is 5.81. The van der Waals surface area contributed by atoms with Crippen molar-refractivity contribution in [3.05, 3.63) is 78.4 Å². The van der Waals surface area contributed by atoms with Gasteiger partial charge in [-0.25, -0.2) is 4.98 Å². The SMILES string of the molecule is CC(N)c1ccc(Nc2c3ccccc3nc3ccccc23)cc1. The first-order chi connectivity index (χ1) is 11.7. The van der Waals surface area contributed by atoms with Gasteiger partial charge in [0.2, 0.25) is 0 Å². The Labute approximate surface area is 141 Å². The molecule has 1 atom stereocenters. The second-order valence-electron chi connectivity index (χ2n) is 6.06. The molecule has 3 nitrogen and oxygen atoms in total. The first-order valence-electron chi connectivity index (χ1n) is 8.12. The zero-order valence-corrected chi connectivity index (χ0v) is 13.5. The summed E-state index contributed by atoms with van der Waals surface area (Å²) in [6.45, 7) is 1.99. The lowest BCUT2D eigenvalue weighted by Crippen LogP contribution is -2.04. The molecule has 0 saturated heterocycles. The lowest BCUT2D eigenvalue weighted by molar-refractivity contribution is 0.818. The van der Waals surface area contributed by atoms with Crippen molar-refractivity contribution >= 4 is 33.2 Å². The normalized spacial score (nSPS) is 12.4. The Balaban J connectivity index is 1.87. The number of aromatic nitrogens is 1. The number of para-hydroxylation sites is 2. The van der Waals surface area contributed by atoms with Crippen molar-refractivity contribution in [2.24, 2.45) is 5.73 Å². The van der Waals surface area contributed by atoms with Crippen molar-refractivity contribution in [3.63, 3.8) is 0 Å². The van der Waals surface area contributed by atoms with Crippen molar-refractivity contribution in [2.75, 3.05) is 5.32 Å². The number of hydrogen-bond donors (Lipinski definition) is 2. The van der Waals surface area contributed by atoms with Gasteiger partial charge in [-0.2, -0.15) is 0 Å². The molecule has 0 aliphatic carbocycles. The number of nitrogens with one attached hydrogen (secondary N) is 1. The predicted octanol–water partition coefficient (Wildman–Crippen LogP) is 5.15. The van der Waals surface area contributed by atoms with E-state index in [1.54, 1.807) is 0 Å². The summed E-state index contributed by atoms with van der Waals surface area (Å²) in [5.74, 6) is 0. The highest BCUT2D eigenvalue weighted by Gasteiger charge is 2.09. The Morgan fingerprint density at radius 1 is 0.792 bits per heavy atom. The van der Waals surface area contributed by atoms with Crippen molar-refractivity contribution in [1.82, 2.24) is 4.98 Å². The molecule has 0 bridgehead atoms.